The van der Waals surface area contributed by atoms with E-state index in [9.17, 15) is 0 Å². The summed E-state index contributed by atoms with van der Waals surface area (Å²) in [4.78, 5) is 4.52. The predicted molar refractivity (Wildman–Crippen MR) is 104 cm³/mol. The molecule has 6 heteroatoms. The molecule has 140 valence electrons. The largest absolute Gasteiger partial charge is 0.494 e. The van der Waals surface area contributed by atoms with Crippen LogP contribution in [0.25, 0.3) is 11.0 Å². The van der Waals surface area contributed by atoms with Crippen LogP contribution >= 0.6 is 0 Å². The monoisotopic (exact) mass is 356 g/mol. The fourth-order valence-corrected chi connectivity index (χ4v) is 3.75. The van der Waals surface area contributed by atoms with Gasteiger partial charge in [0.2, 0.25) is 0 Å². The molecule has 1 aromatic carbocycles. The Bertz CT molecular complexity index is 764. The van der Waals surface area contributed by atoms with Crippen LogP contribution < -0.4 is 5.46 Å². The van der Waals surface area contributed by atoms with E-state index in [-0.39, 0.29) is 18.3 Å². The second-order valence-corrected chi connectivity index (χ2v) is 8.55. The lowest BCUT2D eigenvalue weighted by Gasteiger charge is -2.32. The predicted octanol–water partition coefficient (Wildman–Crippen LogP) is 3.29. The van der Waals surface area contributed by atoms with Gasteiger partial charge in [0.15, 0.2) is 0 Å². The molecule has 1 saturated carbocycles. The molecule has 0 bridgehead atoms. The number of benzene rings is 1. The highest BCUT2D eigenvalue weighted by Gasteiger charge is 2.51. The first-order valence-corrected chi connectivity index (χ1v) is 9.78. The summed E-state index contributed by atoms with van der Waals surface area (Å²) < 4.78 is 20.6. The van der Waals surface area contributed by atoms with Crippen LogP contribution in [-0.4, -0.2) is 40.6 Å². The SMILES string of the molecule is CC1(C)OB(c2ccc3ncn(CCOC4CCCC4)c3c2)OC1(C)C. The van der Waals surface area contributed by atoms with Crippen LogP contribution in [0.2, 0.25) is 0 Å². The van der Waals surface area contributed by atoms with Gasteiger partial charge in [-0.1, -0.05) is 18.9 Å². The molecule has 0 unspecified atom stereocenters. The second kappa shape index (κ2) is 6.66. The molecule has 1 aliphatic heterocycles. The number of nitrogens with zero attached hydrogens (tertiary/aromatic N) is 2. The Labute approximate surface area is 156 Å². The molecule has 1 aliphatic carbocycles. The van der Waals surface area contributed by atoms with Crippen molar-refractivity contribution in [1.29, 1.82) is 0 Å². The minimum absolute atomic E-state index is 0.331. The van der Waals surface area contributed by atoms with Gasteiger partial charge in [-0.25, -0.2) is 4.98 Å². The summed E-state index contributed by atoms with van der Waals surface area (Å²) in [6.45, 7) is 9.87. The molecule has 2 aromatic rings. The van der Waals surface area contributed by atoms with E-state index in [0.29, 0.717) is 6.10 Å². The lowest BCUT2D eigenvalue weighted by Crippen LogP contribution is -2.41. The van der Waals surface area contributed by atoms with Crippen LogP contribution in [0.3, 0.4) is 0 Å². The smallest absolute Gasteiger partial charge is 0.399 e. The molecular weight excluding hydrogens is 327 g/mol. The molecule has 0 radical (unpaired) electrons. The summed E-state index contributed by atoms with van der Waals surface area (Å²) in [5, 5.41) is 0. The Kier molecular flexibility index (Phi) is 4.62. The van der Waals surface area contributed by atoms with Crippen molar-refractivity contribution in [2.75, 3.05) is 6.61 Å². The topological polar surface area (TPSA) is 45.5 Å². The van der Waals surface area contributed by atoms with Crippen molar-refractivity contribution in [2.24, 2.45) is 0 Å². The number of rotatable bonds is 5. The molecule has 0 amide bonds. The van der Waals surface area contributed by atoms with Gasteiger partial charge in [-0.15, -0.1) is 0 Å². The quantitative estimate of drug-likeness (QED) is 0.772. The standard InChI is InChI=1S/C20H29BN2O3/c1-19(2)20(3,4)26-21(25-19)15-9-10-17-18(13-15)23(14-22-17)11-12-24-16-7-5-6-8-16/h9-10,13-14,16H,5-8,11-12H2,1-4H3. The molecule has 4 rings (SSSR count). The maximum Gasteiger partial charge on any atom is 0.494 e. The fraction of sp³-hybridized carbons (Fsp3) is 0.650. The van der Waals surface area contributed by atoms with E-state index in [4.69, 9.17) is 14.0 Å². The molecule has 5 nitrogen and oxygen atoms in total. The van der Waals surface area contributed by atoms with Crippen molar-refractivity contribution in [3.05, 3.63) is 24.5 Å². The van der Waals surface area contributed by atoms with Crippen molar-refractivity contribution in [3.8, 4) is 0 Å². The highest BCUT2D eigenvalue weighted by molar-refractivity contribution is 6.62. The molecule has 26 heavy (non-hydrogen) atoms. The molecule has 0 atom stereocenters. The third-order valence-electron chi connectivity index (χ3n) is 6.16. The number of fused-ring (bicyclic) bond motifs is 1. The minimum atomic E-state index is -0.345. The van der Waals surface area contributed by atoms with Crippen molar-refractivity contribution in [2.45, 2.75) is 77.2 Å². The van der Waals surface area contributed by atoms with E-state index in [1.54, 1.807) is 0 Å². The maximum atomic E-state index is 6.19. The second-order valence-electron chi connectivity index (χ2n) is 8.55. The summed E-state index contributed by atoms with van der Waals surface area (Å²) in [6, 6.07) is 6.24. The van der Waals surface area contributed by atoms with E-state index in [1.165, 1.54) is 25.7 Å². The first-order chi connectivity index (χ1) is 12.4. The molecule has 0 N–H and O–H groups in total. The van der Waals surface area contributed by atoms with Crippen LogP contribution in [0.5, 0.6) is 0 Å². The third-order valence-corrected chi connectivity index (χ3v) is 6.16. The Morgan fingerprint density at radius 1 is 1.15 bits per heavy atom. The van der Waals surface area contributed by atoms with Gasteiger partial charge < -0.3 is 18.6 Å². The van der Waals surface area contributed by atoms with Crippen molar-refractivity contribution >= 4 is 23.6 Å². The summed E-state index contributed by atoms with van der Waals surface area (Å²) in [6.07, 6.45) is 7.36. The van der Waals surface area contributed by atoms with Crippen molar-refractivity contribution in [1.82, 2.24) is 9.55 Å². The summed E-state index contributed by atoms with van der Waals surface area (Å²) in [5.74, 6) is 0. The lowest BCUT2D eigenvalue weighted by molar-refractivity contribution is 0.00578. The van der Waals surface area contributed by atoms with E-state index < -0.39 is 0 Å². The van der Waals surface area contributed by atoms with Crippen molar-refractivity contribution in [3.63, 3.8) is 0 Å². The zero-order chi connectivity index (χ0) is 18.4. The first-order valence-electron chi connectivity index (χ1n) is 9.78. The summed E-state index contributed by atoms with van der Waals surface area (Å²) in [7, 11) is -0.345. The van der Waals surface area contributed by atoms with Gasteiger partial charge >= 0.3 is 7.12 Å². The Morgan fingerprint density at radius 2 is 1.85 bits per heavy atom. The van der Waals surface area contributed by atoms with Gasteiger partial charge in [-0.05, 0) is 58.1 Å². The van der Waals surface area contributed by atoms with E-state index in [1.807, 2.05) is 12.4 Å². The number of aromatic nitrogens is 2. The third kappa shape index (κ3) is 3.30. The highest BCUT2D eigenvalue weighted by Crippen LogP contribution is 2.36. The van der Waals surface area contributed by atoms with Gasteiger partial charge in [0.25, 0.3) is 0 Å². The van der Waals surface area contributed by atoms with Crippen LogP contribution in [-0.2, 0) is 20.6 Å². The normalized spacial score (nSPS) is 22.5. The van der Waals surface area contributed by atoms with Gasteiger partial charge in [0.05, 0.1) is 41.3 Å². The molecule has 0 spiro atoms. The molecule has 2 fully saturated rings. The zero-order valence-electron chi connectivity index (χ0n) is 16.3. The van der Waals surface area contributed by atoms with E-state index in [0.717, 1.165) is 29.6 Å². The van der Waals surface area contributed by atoms with Crippen LogP contribution in [0.15, 0.2) is 24.5 Å². The number of hydrogen-bond acceptors (Lipinski definition) is 4. The average molecular weight is 356 g/mol. The van der Waals surface area contributed by atoms with E-state index in [2.05, 4.69) is 49.4 Å². The number of imidazole rings is 1. The maximum absolute atomic E-state index is 6.19. The highest BCUT2D eigenvalue weighted by atomic mass is 16.7. The van der Waals surface area contributed by atoms with Gasteiger partial charge in [-0.2, -0.15) is 0 Å². The molecule has 2 heterocycles. The Hall–Kier alpha value is -1.37. The summed E-state index contributed by atoms with van der Waals surface area (Å²) in [5.41, 5.74) is 2.47. The molecule has 2 aliphatic rings. The average Bonchev–Trinajstić information content (AvgIpc) is 3.27. The van der Waals surface area contributed by atoms with Gasteiger partial charge in [-0.3, -0.25) is 0 Å². The number of hydrogen-bond donors (Lipinski definition) is 0. The first kappa shape index (κ1) is 18.0. The van der Waals surface area contributed by atoms with Gasteiger partial charge in [0.1, 0.15) is 0 Å². The zero-order valence-corrected chi connectivity index (χ0v) is 16.3. The lowest BCUT2D eigenvalue weighted by atomic mass is 9.79. The molecular formula is C20H29BN2O3. The van der Waals surface area contributed by atoms with Crippen LogP contribution in [0, 0.1) is 0 Å². The number of ether oxygens (including phenoxy) is 1. The van der Waals surface area contributed by atoms with Crippen LogP contribution in [0.4, 0.5) is 0 Å². The molecule has 1 aromatic heterocycles. The van der Waals surface area contributed by atoms with Crippen LogP contribution in [0.1, 0.15) is 53.4 Å². The summed E-state index contributed by atoms with van der Waals surface area (Å²) >= 11 is 0. The van der Waals surface area contributed by atoms with Crippen molar-refractivity contribution < 1.29 is 14.0 Å². The minimum Gasteiger partial charge on any atom is -0.399 e. The van der Waals surface area contributed by atoms with E-state index >= 15 is 0 Å². The Balaban J connectivity index is 1.49. The molecule has 1 saturated heterocycles. The Morgan fingerprint density at radius 3 is 2.54 bits per heavy atom. The fourth-order valence-electron chi connectivity index (χ4n) is 3.75. The van der Waals surface area contributed by atoms with Gasteiger partial charge in [0, 0.05) is 6.54 Å².